The van der Waals surface area contributed by atoms with Gasteiger partial charge in [0.05, 0.1) is 0 Å². The maximum absolute atomic E-state index is 12.2. The molecule has 1 atom stereocenters. The molecule has 1 aromatic heterocycles. The van der Waals surface area contributed by atoms with Crippen LogP contribution < -0.4 is 15.5 Å². The number of carbonyl (C=O) groups excluding carboxylic acids is 2. The zero-order chi connectivity index (χ0) is 13.6. The van der Waals surface area contributed by atoms with Gasteiger partial charge in [-0.3, -0.25) is 10.1 Å². The molecule has 19 heavy (non-hydrogen) atoms. The van der Waals surface area contributed by atoms with E-state index in [0.29, 0.717) is 19.0 Å². The Hall–Kier alpha value is -2.11. The Morgan fingerprint density at radius 2 is 2.21 bits per heavy atom. The number of hydrogen-bond donors (Lipinski definition) is 2. The first-order valence-corrected chi connectivity index (χ1v) is 6.40. The van der Waals surface area contributed by atoms with E-state index in [1.54, 1.807) is 12.3 Å². The predicted molar refractivity (Wildman–Crippen MR) is 69.7 cm³/mol. The fourth-order valence-electron chi connectivity index (χ4n) is 2.85. The highest BCUT2D eigenvalue weighted by Gasteiger charge is 2.51. The van der Waals surface area contributed by atoms with Crippen LogP contribution in [0.1, 0.15) is 25.8 Å². The van der Waals surface area contributed by atoms with Crippen LogP contribution in [0.25, 0.3) is 0 Å². The molecule has 3 heterocycles. The minimum absolute atomic E-state index is 0.282. The number of nitrogens with one attached hydrogen (secondary N) is 2. The molecule has 0 aliphatic carbocycles. The largest absolute Gasteiger partial charge is 0.354 e. The molecule has 1 saturated heterocycles. The van der Waals surface area contributed by atoms with Crippen LogP contribution in [-0.4, -0.2) is 29.5 Å². The average Bonchev–Trinajstić information content (AvgIpc) is 2.65. The molecule has 2 aliphatic heterocycles. The van der Waals surface area contributed by atoms with Gasteiger partial charge in [-0.1, -0.05) is 6.07 Å². The summed E-state index contributed by atoms with van der Waals surface area (Å²) in [6.45, 7) is 4.86. The number of anilines is 1. The van der Waals surface area contributed by atoms with E-state index in [4.69, 9.17) is 0 Å². The number of carbonyl (C=O) groups is 2. The van der Waals surface area contributed by atoms with Gasteiger partial charge in [-0.05, 0) is 19.9 Å². The molecule has 0 bridgehead atoms. The monoisotopic (exact) mass is 260 g/mol. The van der Waals surface area contributed by atoms with Crippen molar-refractivity contribution in [3.8, 4) is 0 Å². The molecule has 2 aliphatic rings. The van der Waals surface area contributed by atoms with Crippen molar-refractivity contribution in [1.29, 1.82) is 0 Å². The SMILES string of the molecule is CC(C)N1CCC2(NC(=O)NC2=O)c2cccnc21. The second-order valence-electron chi connectivity index (χ2n) is 5.23. The number of imide groups is 1. The third-order valence-electron chi connectivity index (χ3n) is 3.81. The Labute approximate surface area is 111 Å². The highest BCUT2D eigenvalue weighted by atomic mass is 16.2. The summed E-state index contributed by atoms with van der Waals surface area (Å²) >= 11 is 0. The van der Waals surface area contributed by atoms with Gasteiger partial charge < -0.3 is 10.2 Å². The van der Waals surface area contributed by atoms with Crippen molar-refractivity contribution in [1.82, 2.24) is 15.6 Å². The molecule has 1 spiro atoms. The lowest BCUT2D eigenvalue weighted by Crippen LogP contribution is -2.52. The molecule has 0 aromatic carbocycles. The molecular formula is C13H16N4O2. The van der Waals surface area contributed by atoms with Gasteiger partial charge in [0.1, 0.15) is 5.82 Å². The number of hydrogen-bond acceptors (Lipinski definition) is 4. The fourth-order valence-corrected chi connectivity index (χ4v) is 2.85. The summed E-state index contributed by atoms with van der Waals surface area (Å²) < 4.78 is 0. The summed E-state index contributed by atoms with van der Waals surface area (Å²) in [4.78, 5) is 30.2. The van der Waals surface area contributed by atoms with E-state index in [0.717, 1.165) is 11.4 Å². The highest BCUT2D eigenvalue weighted by molar-refractivity contribution is 6.08. The van der Waals surface area contributed by atoms with Gasteiger partial charge in [0.15, 0.2) is 5.54 Å². The summed E-state index contributed by atoms with van der Waals surface area (Å²) in [6, 6.07) is 3.52. The van der Waals surface area contributed by atoms with Crippen LogP contribution in [0.2, 0.25) is 0 Å². The lowest BCUT2D eigenvalue weighted by molar-refractivity contribution is -0.124. The van der Waals surface area contributed by atoms with Crippen molar-refractivity contribution in [3.05, 3.63) is 23.9 Å². The molecule has 1 unspecified atom stereocenters. The number of pyridine rings is 1. The van der Waals surface area contributed by atoms with Crippen molar-refractivity contribution < 1.29 is 9.59 Å². The standard InChI is InChI=1S/C13H16N4O2/c1-8(2)17-7-5-13(11(18)15-12(19)16-13)9-4-3-6-14-10(9)17/h3-4,6,8H,5,7H2,1-2H3,(H2,15,16,18,19). The lowest BCUT2D eigenvalue weighted by Gasteiger charge is -2.40. The van der Waals surface area contributed by atoms with Crippen molar-refractivity contribution in [2.75, 3.05) is 11.4 Å². The molecule has 2 N–H and O–H groups in total. The number of amides is 3. The average molecular weight is 260 g/mol. The number of urea groups is 1. The summed E-state index contributed by atoms with van der Waals surface area (Å²) in [6.07, 6.45) is 2.27. The molecule has 1 fully saturated rings. The summed E-state index contributed by atoms with van der Waals surface area (Å²) in [5.41, 5.74) is -0.176. The molecule has 3 amide bonds. The minimum atomic E-state index is -0.952. The second-order valence-corrected chi connectivity index (χ2v) is 5.23. The van der Waals surface area contributed by atoms with Gasteiger partial charge in [0, 0.05) is 30.8 Å². The van der Waals surface area contributed by atoms with Crippen molar-refractivity contribution in [2.45, 2.75) is 31.8 Å². The van der Waals surface area contributed by atoms with Crippen LogP contribution in [0.15, 0.2) is 18.3 Å². The predicted octanol–water partition coefficient (Wildman–Crippen LogP) is 0.735. The Bertz CT molecular complexity index is 557. The third kappa shape index (κ3) is 1.59. The van der Waals surface area contributed by atoms with Gasteiger partial charge in [-0.2, -0.15) is 0 Å². The summed E-state index contributed by atoms with van der Waals surface area (Å²) in [5, 5.41) is 5.10. The molecule has 3 rings (SSSR count). The van der Waals surface area contributed by atoms with E-state index < -0.39 is 11.6 Å². The van der Waals surface area contributed by atoms with E-state index in [-0.39, 0.29) is 5.91 Å². The highest BCUT2D eigenvalue weighted by Crippen LogP contribution is 2.39. The number of nitrogens with zero attached hydrogens (tertiary/aromatic N) is 2. The number of fused-ring (bicyclic) bond motifs is 2. The number of aromatic nitrogens is 1. The quantitative estimate of drug-likeness (QED) is 0.730. The van der Waals surface area contributed by atoms with Crippen molar-refractivity contribution in [3.63, 3.8) is 0 Å². The number of rotatable bonds is 1. The maximum Gasteiger partial charge on any atom is 0.322 e. The summed E-state index contributed by atoms with van der Waals surface area (Å²) in [7, 11) is 0. The van der Waals surface area contributed by atoms with Gasteiger partial charge in [-0.25, -0.2) is 9.78 Å². The Balaban J connectivity index is 2.14. The topological polar surface area (TPSA) is 74.3 Å². The van der Waals surface area contributed by atoms with Gasteiger partial charge in [0.2, 0.25) is 0 Å². The Morgan fingerprint density at radius 3 is 2.84 bits per heavy atom. The molecule has 100 valence electrons. The first-order chi connectivity index (χ1) is 9.04. The van der Waals surface area contributed by atoms with E-state index >= 15 is 0 Å². The molecule has 0 saturated carbocycles. The van der Waals surface area contributed by atoms with Gasteiger partial charge >= 0.3 is 6.03 Å². The molecule has 6 heteroatoms. The van der Waals surface area contributed by atoms with E-state index in [2.05, 4.69) is 34.4 Å². The zero-order valence-electron chi connectivity index (χ0n) is 10.9. The first-order valence-electron chi connectivity index (χ1n) is 6.40. The molecule has 6 nitrogen and oxygen atoms in total. The van der Waals surface area contributed by atoms with Crippen LogP contribution >= 0.6 is 0 Å². The Morgan fingerprint density at radius 1 is 1.42 bits per heavy atom. The normalized spacial score (nSPS) is 25.5. The van der Waals surface area contributed by atoms with Gasteiger partial charge in [0.25, 0.3) is 5.91 Å². The van der Waals surface area contributed by atoms with Crippen LogP contribution in [0.3, 0.4) is 0 Å². The molecular weight excluding hydrogens is 244 g/mol. The molecule has 0 radical (unpaired) electrons. The zero-order valence-corrected chi connectivity index (χ0v) is 10.9. The Kier molecular flexibility index (Phi) is 2.48. The third-order valence-corrected chi connectivity index (χ3v) is 3.81. The van der Waals surface area contributed by atoms with Crippen molar-refractivity contribution in [2.24, 2.45) is 0 Å². The van der Waals surface area contributed by atoms with Crippen LogP contribution in [0.5, 0.6) is 0 Å². The minimum Gasteiger partial charge on any atom is -0.354 e. The van der Waals surface area contributed by atoms with Crippen LogP contribution in [-0.2, 0) is 10.3 Å². The second kappa shape index (κ2) is 3.94. The fraction of sp³-hybridized carbons (Fsp3) is 0.462. The van der Waals surface area contributed by atoms with Crippen LogP contribution in [0.4, 0.5) is 10.6 Å². The lowest BCUT2D eigenvalue weighted by atomic mass is 9.83. The van der Waals surface area contributed by atoms with E-state index in [9.17, 15) is 9.59 Å². The summed E-state index contributed by atoms with van der Waals surface area (Å²) in [5.74, 6) is 0.497. The van der Waals surface area contributed by atoms with Gasteiger partial charge in [-0.15, -0.1) is 0 Å². The van der Waals surface area contributed by atoms with E-state index in [1.165, 1.54) is 0 Å². The maximum atomic E-state index is 12.2. The van der Waals surface area contributed by atoms with Crippen molar-refractivity contribution >= 4 is 17.8 Å². The van der Waals surface area contributed by atoms with Crippen LogP contribution in [0, 0.1) is 0 Å². The van der Waals surface area contributed by atoms with E-state index in [1.807, 2.05) is 6.07 Å². The first kappa shape index (κ1) is 12.0. The smallest absolute Gasteiger partial charge is 0.322 e. The molecule has 1 aromatic rings.